The van der Waals surface area contributed by atoms with E-state index in [1.807, 2.05) is 0 Å². The normalized spacial score (nSPS) is 10.4. The number of halogens is 3. The molecule has 1 aromatic carbocycles. The fourth-order valence-electron chi connectivity index (χ4n) is 1.33. The molecular formula is C13H16I3NO. The molecule has 0 fully saturated rings. The maximum Gasteiger partial charge on any atom is 0.146 e. The quantitative estimate of drug-likeness (QED) is 0.292. The number of nitrogens with one attached hydrogen (secondary N) is 1. The Morgan fingerprint density at radius 3 is 2.44 bits per heavy atom. The zero-order chi connectivity index (χ0) is 13.5. The van der Waals surface area contributed by atoms with Crippen molar-refractivity contribution in [1.82, 2.24) is 5.32 Å². The molecule has 0 aliphatic heterocycles. The van der Waals surface area contributed by atoms with E-state index in [0.29, 0.717) is 6.61 Å². The molecule has 1 aromatic rings. The smallest absolute Gasteiger partial charge is 0.146 e. The van der Waals surface area contributed by atoms with Crippen molar-refractivity contribution in [3.05, 3.63) is 35.0 Å². The lowest BCUT2D eigenvalue weighted by Crippen LogP contribution is -2.20. The first-order valence-electron chi connectivity index (χ1n) is 5.69. The van der Waals surface area contributed by atoms with Gasteiger partial charge in [0.2, 0.25) is 0 Å². The van der Waals surface area contributed by atoms with Crippen LogP contribution >= 0.6 is 67.8 Å². The summed E-state index contributed by atoms with van der Waals surface area (Å²) in [6.07, 6.45) is 1.14. The van der Waals surface area contributed by atoms with Crippen LogP contribution in [0.15, 0.2) is 24.3 Å². The first kappa shape index (κ1) is 17.0. The lowest BCUT2D eigenvalue weighted by molar-refractivity contribution is 0.343. The van der Waals surface area contributed by atoms with Crippen LogP contribution in [0.4, 0.5) is 0 Å². The lowest BCUT2D eigenvalue weighted by atomic mass is 10.3. The fraction of sp³-hybridized carbons (Fsp3) is 0.385. The molecular weight excluding hydrogens is 567 g/mol. The van der Waals surface area contributed by atoms with Crippen molar-refractivity contribution in [2.75, 3.05) is 19.7 Å². The monoisotopic (exact) mass is 583 g/mol. The van der Waals surface area contributed by atoms with E-state index in [-0.39, 0.29) is 0 Å². The number of benzene rings is 1. The molecule has 0 spiro atoms. The summed E-state index contributed by atoms with van der Waals surface area (Å²) in [5, 5.41) is 3.32. The number of ether oxygens (including phenoxy) is 1. The van der Waals surface area contributed by atoms with Crippen LogP contribution in [0.5, 0.6) is 5.75 Å². The SMILES string of the molecule is C=C(CNCCC)COc1c(I)cc(I)cc1I. The highest BCUT2D eigenvalue weighted by Gasteiger charge is 2.08. The molecule has 0 heterocycles. The van der Waals surface area contributed by atoms with Crippen molar-refractivity contribution in [1.29, 1.82) is 0 Å². The second-order valence-corrected chi connectivity index (χ2v) is 7.48. The maximum absolute atomic E-state index is 5.86. The van der Waals surface area contributed by atoms with Crippen LogP contribution in [0.25, 0.3) is 0 Å². The van der Waals surface area contributed by atoms with Gasteiger partial charge in [-0.25, -0.2) is 0 Å². The Morgan fingerprint density at radius 2 is 1.89 bits per heavy atom. The third-order valence-electron chi connectivity index (χ3n) is 2.19. The van der Waals surface area contributed by atoms with Gasteiger partial charge < -0.3 is 10.1 Å². The topological polar surface area (TPSA) is 21.3 Å². The van der Waals surface area contributed by atoms with E-state index in [2.05, 4.69) is 98.7 Å². The Bertz CT molecular complexity index is 398. The second-order valence-electron chi connectivity index (χ2n) is 3.91. The average molecular weight is 583 g/mol. The molecule has 0 aliphatic rings. The molecule has 0 saturated heterocycles. The molecule has 0 aliphatic carbocycles. The molecule has 5 heteroatoms. The van der Waals surface area contributed by atoms with Crippen LogP contribution in [-0.2, 0) is 0 Å². The minimum atomic E-state index is 0.573. The molecule has 1 rings (SSSR count). The van der Waals surface area contributed by atoms with Crippen LogP contribution in [0.3, 0.4) is 0 Å². The maximum atomic E-state index is 5.86. The van der Waals surface area contributed by atoms with Gasteiger partial charge in [-0.1, -0.05) is 13.5 Å². The van der Waals surface area contributed by atoms with Crippen molar-refractivity contribution < 1.29 is 4.74 Å². The van der Waals surface area contributed by atoms with Gasteiger partial charge in [0, 0.05) is 10.1 Å². The summed E-state index contributed by atoms with van der Waals surface area (Å²) >= 11 is 6.95. The van der Waals surface area contributed by atoms with Gasteiger partial charge in [0.15, 0.2) is 0 Å². The first-order valence-corrected chi connectivity index (χ1v) is 8.93. The molecule has 0 bridgehead atoms. The predicted octanol–water partition coefficient (Wildman–Crippen LogP) is 4.44. The first-order chi connectivity index (χ1) is 8.54. The van der Waals surface area contributed by atoms with Crippen LogP contribution in [-0.4, -0.2) is 19.7 Å². The molecule has 0 amide bonds. The summed E-state index contributed by atoms with van der Waals surface area (Å²) in [6.45, 7) is 8.60. The summed E-state index contributed by atoms with van der Waals surface area (Å²) in [7, 11) is 0. The van der Waals surface area contributed by atoms with E-state index in [0.717, 1.165) is 38.0 Å². The molecule has 18 heavy (non-hydrogen) atoms. The summed E-state index contributed by atoms with van der Waals surface area (Å²) < 4.78 is 9.39. The number of hydrogen-bond donors (Lipinski definition) is 1. The van der Waals surface area contributed by atoms with E-state index in [1.165, 1.54) is 3.57 Å². The summed E-state index contributed by atoms with van der Waals surface area (Å²) in [6, 6.07) is 4.24. The van der Waals surface area contributed by atoms with E-state index in [1.54, 1.807) is 0 Å². The summed E-state index contributed by atoms with van der Waals surface area (Å²) in [4.78, 5) is 0. The Kier molecular flexibility index (Phi) is 8.44. The highest BCUT2D eigenvalue weighted by molar-refractivity contribution is 14.1. The van der Waals surface area contributed by atoms with Gasteiger partial charge in [-0.2, -0.15) is 0 Å². The zero-order valence-corrected chi connectivity index (χ0v) is 16.7. The molecule has 0 radical (unpaired) electrons. The van der Waals surface area contributed by atoms with E-state index in [9.17, 15) is 0 Å². The van der Waals surface area contributed by atoms with Crippen molar-refractivity contribution in [2.24, 2.45) is 0 Å². The van der Waals surface area contributed by atoms with Gasteiger partial charge in [0.1, 0.15) is 12.4 Å². The van der Waals surface area contributed by atoms with E-state index < -0.39 is 0 Å². The fourth-order valence-corrected chi connectivity index (χ4v) is 5.23. The number of rotatable bonds is 7. The van der Waals surface area contributed by atoms with Crippen molar-refractivity contribution in [3.8, 4) is 5.75 Å². The molecule has 100 valence electrons. The summed E-state index contributed by atoms with van der Waals surface area (Å²) in [5.74, 6) is 0.966. The lowest BCUT2D eigenvalue weighted by Gasteiger charge is -2.12. The Morgan fingerprint density at radius 1 is 1.28 bits per heavy atom. The number of hydrogen-bond acceptors (Lipinski definition) is 2. The Labute approximate surface area is 150 Å². The van der Waals surface area contributed by atoms with Gasteiger partial charge in [0.25, 0.3) is 0 Å². The average Bonchev–Trinajstić information content (AvgIpc) is 2.27. The van der Waals surface area contributed by atoms with Gasteiger partial charge in [-0.05, 0) is 98.4 Å². The van der Waals surface area contributed by atoms with Crippen molar-refractivity contribution in [3.63, 3.8) is 0 Å². The van der Waals surface area contributed by atoms with Crippen molar-refractivity contribution >= 4 is 67.8 Å². The van der Waals surface area contributed by atoms with Crippen LogP contribution in [0.2, 0.25) is 0 Å². The third kappa shape index (κ3) is 5.91. The molecule has 1 N–H and O–H groups in total. The van der Waals surface area contributed by atoms with Gasteiger partial charge in [-0.3, -0.25) is 0 Å². The molecule has 0 saturated carbocycles. The van der Waals surface area contributed by atoms with E-state index >= 15 is 0 Å². The predicted molar refractivity (Wildman–Crippen MR) is 102 cm³/mol. The minimum absolute atomic E-state index is 0.573. The molecule has 2 nitrogen and oxygen atoms in total. The Hall–Kier alpha value is 0.910. The largest absolute Gasteiger partial charge is 0.487 e. The van der Waals surface area contributed by atoms with E-state index in [4.69, 9.17) is 4.74 Å². The molecule has 0 unspecified atom stereocenters. The zero-order valence-electron chi connectivity index (χ0n) is 10.2. The van der Waals surface area contributed by atoms with Crippen LogP contribution < -0.4 is 10.1 Å². The van der Waals surface area contributed by atoms with Gasteiger partial charge in [0.05, 0.1) is 7.14 Å². The molecule has 0 atom stereocenters. The second kappa shape index (κ2) is 8.96. The molecule has 0 aromatic heterocycles. The van der Waals surface area contributed by atoms with Gasteiger partial charge in [-0.15, -0.1) is 0 Å². The highest BCUT2D eigenvalue weighted by atomic mass is 127. The standard InChI is InChI=1S/C13H16I3NO/c1-3-4-17-7-9(2)8-18-13-11(15)5-10(14)6-12(13)16/h5-6,17H,2-4,7-8H2,1H3. The van der Waals surface area contributed by atoms with Crippen LogP contribution in [0, 0.1) is 10.7 Å². The Balaban J connectivity index is 2.51. The minimum Gasteiger partial charge on any atom is -0.487 e. The van der Waals surface area contributed by atoms with Crippen molar-refractivity contribution in [2.45, 2.75) is 13.3 Å². The van der Waals surface area contributed by atoms with Crippen LogP contribution in [0.1, 0.15) is 13.3 Å². The third-order valence-corrected chi connectivity index (χ3v) is 4.41. The summed E-state index contributed by atoms with van der Waals surface area (Å²) in [5.41, 5.74) is 1.08. The highest BCUT2D eigenvalue weighted by Crippen LogP contribution is 2.29. The van der Waals surface area contributed by atoms with Gasteiger partial charge >= 0.3 is 0 Å².